The topological polar surface area (TPSA) is 48.1 Å². The summed E-state index contributed by atoms with van der Waals surface area (Å²) in [5.74, 6) is 1.18. The number of halogens is 1. The van der Waals surface area contributed by atoms with Gasteiger partial charge in [-0.15, -0.1) is 0 Å². The van der Waals surface area contributed by atoms with Crippen LogP contribution in [0, 0.1) is 6.92 Å². The third-order valence-electron chi connectivity index (χ3n) is 2.39. The molecule has 0 atom stereocenters. The number of hydrogen-bond donors (Lipinski definition) is 1. The van der Waals surface area contributed by atoms with E-state index in [-0.39, 0.29) is 4.99 Å². The van der Waals surface area contributed by atoms with Gasteiger partial charge in [0.25, 0.3) is 0 Å². The summed E-state index contributed by atoms with van der Waals surface area (Å²) in [7, 11) is 0. The lowest BCUT2D eigenvalue weighted by Gasteiger charge is -2.11. The minimum atomic E-state index is 0.267. The first-order valence-electron chi connectivity index (χ1n) is 5.27. The Morgan fingerprint density at radius 3 is 2.78 bits per heavy atom. The molecule has 0 saturated heterocycles. The number of pyridine rings is 1. The Balaban J connectivity index is 2.42. The smallest absolute Gasteiger partial charge is 0.148 e. The summed E-state index contributed by atoms with van der Waals surface area (Å²) in [6.07, 6.45) is 1.70. The van der Waals surface area contributed by atoms with E-state index in [1.165, 1.54) is 0 Å². The predicted molar refractivity (Wildman–Crippen MR) is 76.4 cm³/mol. The van der Waals surface area contributed by atoms with Gasteiger partial charge in [0.2, 0.25) is 0 Å². The van der Waals surface area contributed by atoms with Gasteiger partial charge in [-0.25, -0.2) is 0 Å². The van der Waals surface area contributed by atoms with Gasteiger partial charge in [0.1, 0.15) is 16.5 Å². The van der Waals surface area contributed by atoms with Crippen molar-refractivity contribution >= 4 is 28.8 Å². The van der Waals surface area contributed by atoms with Crippen LogP contribution in [0.15, 0.2) is 36.5 Å². The second-order valence-electron chi connectivity index (χ2n) is 3.69. The number of ether oxygens (including phenoxy) is 1. The Morgan fingerprint density at radius 1 is 1.33 bits per heavy atom. The van der Waals surface area contributed by atoms with E-state index in [4.69, 9.17) is 34.3 Å². The second kappa shape index (κ2) is 5.33. The van der Waals surface area contributed by atoms with Gasteiger partial charge in [0, 0.05) is 17.3 Å². The number of rotatable bonds is 3. The molecule has 2 rings (SSSR count). The number of nitrogens with two attached hydrogens (primary N) is 1. The molecular formula is C13H11ClN2OS. The predicted octanol–water partition coefficient (Wildman–Crippen LogP) is 3.47. The van der Waals surface area contributed by atoms with E-state index in [9.17, 15) is 0 Å². The highest BCUT2D eigenvalue weighted by Gasteiger charge is 2.10. The molecule has 0 radical (unpaired) electrons. The molecule has 0 fully saturated rings. The Morgan fingerprint density at radius 2 is 2.11 bits per heavy atom. The molecule has 5 heteroatoms. The highest BCUT2D eigenvalue weighted by Crippen LogP contribution is 2.29. The Bertz CT molecular complexity index is 601. The lowest BCUT2D eigenvalue weighted by atomic mass is 10.2. The minimum absolute atomic E-state index is 0.267. The molecule has 1 aromatic carbocycles. The van der Waals surface area contributed by atoms with E-state index in [1.54, 1.807) is 30.5 Å². The standard InChI is InChI=1S/C13H11ClN2OS/c1-8-11(3-2-6-16-8)17-12-7-9(14)4-5-10(12)13(15)18/h2-7H,1H3,(H2,15,18). The van der Waals surface area contributed by atoms with Crippen molar-refractivity contribution in [3.63, 3.8) is 0 Å². The van der Waals surface area contributed by atoms with Gasteiger partial charge in [0.05, 0.1) is 11.3 Å². The molecule has 0 unspecified atom stereocenters. The molecule has 18 heavy (non-hydrogen) atoms. The van der Waals surface area contributed by atoms with Crippen LogP contribution in [0.1, 0.15) is 11.3 Å². The van der Waals surface area contributed by atoms with Crippen molar-refractivity contribution in [3.05, 3.63) is 52.8 Å². The summed E-state index contributed by atoms with van der Waals surface area (Å²) in [5, 5.41) is 0.562. The van der Waals surface area contributed by atoms with Crippen molar-refractivity contribution in [1.82, 2.24) is 4.98 Å². The Kier molecular flexibility index (Phi) is 3.79. The fourth-order valence-electron chi connectivity index (χ4n) is 1.48. The summed E-state index contributed by atoms with van der Waals surface area (Å²) in [6.45, 7) is 1.86. The van der Waals surface area contributed by atoms with Crippen LogP contribution in [0.4, 0.5) is 0 Å². The van der Waals surface area contributed by atoms with Crippen LogP contribution in [-0.4, -0.2) is 9.97 Å². The molecule has 0 amide bonds. The molecular weight excluding hydrogens is 268 g/mol. The number of aryl methyl sites for hydroxylation is 1. The molecule has 0 saturated carbocycles. The largest absolute Gasteiger partial charge is 0.455 e. The van der Waals surface area contributed by atoms with E-state index in [2.05, 4.69) is 4.98 Å². The fourth-order valence-corrected chi connectivity index (χ4v) is 1.81. The summed E-state index contributed by atoms with van der Waals surface area (Å²) >= 11 is 10.9. The quantitative estimate of drug-likeness (QED) is 0.874. The zero-order chi connectivity index (χ0) is 13.1. The highest BCUT2D eigenvalue weighted by atomic mass is 35.5. The average Bonchev–Trinajstić information content (AvgIpc) is 2.32. The lowest BCUT2D eigenvalue weighted by molar-refractivity contribution is 0.475. The lowest BCUT2D eigenvalue weighted by Crippen LogP contribution is -2.10. The van der Waals surface area contributed by atoms with Crippen molar-refractivity contribution in [2.75, 3.05) is 0 Å². The van der Waals surface area contributed by atoms with Crippen molar-refractivity contribution in [2.24, 2.45) is 5.73 Å². The molecule has 92 valence electrons. The van der Waals surface area contributed by atoms with E-state index >= 15 is 0 Å². The SMILES string of the molecule is Cc1ncccc1Oc1cc(Cl)ccc1C(N)=S. The van der Waals surface area contributed by atoms with E-state index in [0.29, 0.717) is 22.1 Å². The minimum Gasteiger partial charge on any atom is -0.455 e. The number of nitrogens with zero attached hydrogens (tertiary/aromatic N) is 1. The number of hydrogen-bond acceptors (Lipinski definition) is 3. The first-order chi connectivity index (χ1) is 8.58. The van der Waals surface area contributed by atoms with Gasteiger partial charge in [-0.1, -0.05) is 23.8 Å². The zero-order valence-corrected chi connectivity index (χ0v) is 11.3. The Hall–Kier alpha value is -1.65. The molecule has 0 bridgehead atoms. The van der Waals surface area contributed by atoms with Crippen molar-refractivity contribution in [3.8, 4) is 11.5 Å². The molecule has 3 nitrogen and oxygen atoms in total. The number of thiocarbonyl (C=S) groups is 1. The van der Waals surface area contributed by atoms with Gasteiger partial charge in [0.15, 0.2) is 0 Å². The van der Waals surface area contributed by atoms with Crippen molar-refractivity contribution < 1.29 is 4.74 Å². The molecule has 1 heterocycles. The monoisotopic (exact) mass is 278 g/mol. The average molecular weight is 279 g/mol. The first kappa shape index (κ1) is 12.8. The van der Waals surface area contributed by atoms with Crippen LogP contribution in [0.5, 0.6) is 11.5 Å². The summed E-state index contributed by atoms with van der Waals surface area (Å²) in [6, 6.07) is 8.77. The molecule has 2 aromatic rings. The zero-order valence-electron chi connectivity index (χ0n) is 9.68. The summed E-state index contributed by atoms with van der Waals surface area (Å²) in [4.78, 5) is 4.42. The van der Waals surface area contributed by atoms with Crippen LogP contribution in [0.3, 0.4) is 0 Å². The van der Waals surface area contributed by atoms with E-state index in [0.717, 1.165) is 5.69 Å². The number of benzene rings is 1. The second-order valence-corrected chi connectivity index (χ2v) is 4.57. The van der Waals surface area contributed by atoms with E-state index in [1.807, 2.05) is 13.0 Å². The molecule has 2 N–H and O–H groups in total. The normalized spacial score (nSPS) is 10.1. The van der Waals surface area contributed by atoms with Crippen molar-refractivity contribution in [1.29, 1.82) is 0 Å². The van der Waals surface area contributed by atoms with Crippen LogP contribution >= 0.6 is 23.8 Å². The molecule has 0 spiro atoms. The molecule has 0 aliphatic heterocycles. The van der Waals surface area contributed by atoms with Gasteiger partial charge in [-0.2, -0.15) is 0 Å². The van der Waals surface area contributed by atoms with Crippen molar-refractivity contribution in [2.45, 2.75) is 6.92 Å². The van der Waals surface area contributed by atoms with Crippen LogP contribution < -0.4 is 10.5 Å². The van der Waals surface area contributed by atoms with Gasteiger partial charge in [-0.3, -0.25) is 4.98 Å². The van der Waals surface area contributed by atoms with Crippen LogP contribution in [0.2, 0.25) is 5.02 Å². The number of aromatic nitrogens is 1. The fraction of sp³-hybridized carbons (Fsp3) is 0.0769. The van der Waals surface area contributed by atoms with Gasteiger partial charge in [-0.05, 0) is 31.2 Å². The Labute approximate surface area is 116 Å². The molecule has 0 aliphatic rings. The summed E-state index contributed by atoms with van der Waals surface area (Å²) in [5.41, 5.74) is 7.08. The van der Waals surface area contributed by atoms with Gasteiger partial charge < -0.3 is 10.5 Å². The van der Waals surface area contributed by atoms with Crippen LogP contribution in [0.25, 0.3) is 0 Å². The highest BCUT2D eigenvalue weighted by molar-refractivity contribution is 7.80. The van der Waals surface area contributed by atoms with Crippen LogP contribution in [-0.2, 0) is 0 Å². The van der Waals surface area contributed by atoms with E-state index < -0.39 is 0 Å². The molecule has 1 aromatic heterocycles. The maximum absolute atomic E-state index is 5.95. The maximum atomic E-state index is 5.95. The third kappa shape index (κ3) is 2.78. The first-order valence-corrected chi connectivity index (χ1v) is 6.05. The van der Waals surface area contributed by atoms with Gasteiger partial charge >= 0.3 is 0 Å². The summed E-state index contributed by atoms with van der Waals surface area (Å²) < 4.78 is 5.77. The molecule has 0 aliphatic carbocycles. The maximum Gasteiger partial charge on any atom is 0.148 e. The third-order valence-corrected chi connectivity index (χ3v) is 2.84.